The third-order valence-electron chi connectivity index (χ3n) is 4.38. The predicted octanol–water partition coefficient (Wildman–Crippen LogP) is 2.03. The summed E-state index contributed by atoms with van der Waals surface area (Å²) in [5.74, 6) is 0.633. The van der Waals surface area contributed by atoms with Gasteiger partial charge in [0.25, 0.3) is 5.56 Å². The van der Waals surface area contributed by atoms with Gasteiger partial charge in [0, 0.05) is 26.4 Å². The average Bonchev–Trinajstić information content (AvgIpc) is 3.30. The molecule has 0 saturated carbocycles. The first-order chi connectivity index (χ1) is 13.0. The lowest BCUT2D eigenvalue weighted by atomic mass is 10.2. The van der Waals surface area contributed by atoms with Crippen molar-refractivity contribution in [2.75, 3.05) is 0 Å². The van der Waals surface area contributed by atoms with Crippen LogP contribution in [-0.2, 0) is 24.8 Å². The zero-order valence-corrected chi connectivity index (χ0v) is 15.3. The van der Waals surface area contributed by atoms with E-state index in [1.54, 1.807) is 19.2 Å². The molecule has 27 heavy (non-hydrogen) atoms. The normalized spacial score (nSPS) is 11.3. The van der Waals surface area contributed by atoms with E-state index in [4.69, 9.17) is 0 Å². The van der Waals surface area contributed by atoms with E-state index in [1.807, 2.05) is 15.8 Å². The number of nitrogens with one attached hydrogen (secondary N) is 1. The average molecular weight is 385 g/mol. The SMILES string of the molecule is Cn1c(=O)c2sccc2n2c(CCC(=O)NCc3ccc(F)cc3)nnc12. The van der Waals surface area contributed by atoms with E-state index in [9.17, 15) is 14.0 Å². The molecule has 4 aromatic rings. The third-order valence-corrected chi connectivity index (χ3v) is 5.27. The number of thiophene rings is 1. The van der Waals surface area contributed by atoms with Gasteiger partial charge in [0.2, 0.25) is 11.7 Å². The molecule has 1 aromatic carbocycles. The molecule has 0 unspecified atom stereocenters. The summed E-state index contributed by atoms with van der Waals surface area (Å²) in [6.07, 6.45) is 0.621. The molecule has 4 rings (SSSR count). The van der Waals surface area contributed by atoms with Crippen LogP contribution in [0.15, 0.2) is 40.5 Å². The summed E-state index contributed by atoms with van der Waals surface area (Å²) in [6.45, 7) is 0.336. The third kappa shape index (κ3) is 3.21. The Kier molecular flexibility index (Phi) is 4.44. The van der Waals surface area contributed by atoms with Gasteiger partial charge in [0.05, 0.1) is 5.52 Å². The fourth-order valence-electron chi connectivity index (χ4n) is 2.93. The smallest absolute Gasteiger partial charge is 0.272 e. The number of amides is 1. The number of hydrogen-bond acceptors (Lipinski definition) is 5. The molecule has 0 aliphatic rings. The van der Waals surface area contributed by atoms with Gasteiger partial charge in [-0.1, -0.05) is 12.1 Å². The Labute approximate surface area is 157 Å². The van der Waals surface area contributed by atoms with Crippen molar-refractivity contribution in [1.82, 2.24) is 24.5 Å². The Morgan fingerprint density at radius 1 is 1.22 bits per heavy atom. The summed E-state index contributed by atoms with van der Waals surface area (Å²) >= 11 is 1.37. The Bertz CT molecular complexity index is 1190. The van der Waals surface area contributed by atoms with E-state index < -0.39 is 0 Å². The Balaban J connectivity index is 1.50. The molecule has 0 aliphatic carbocycles. The Morgan fingerprint density at radius 3 is 2.78 bits per heavy atom. The van der Waals surface area contributed by atoms with E-state index in [0.29, 0.717) is 29.3 Å². The number of carbonyl (C=O) groups is 1. The summed E-state index contributed by atoms with van der Waals surface area (Å²) in [5.41, 5.74) is 1.47. The van der Waals surface area contributed by atoms with Gasteiger partial charge in [0.1, 0.15) is 16.3 Å². The predicted molar refractivity (Wildman–Crippen MR) is 100 cm³/mol. The molecule has 0 fully saturated rings. The highest BCUT2D eigenvalue weighted by Gasteiger charge is 2.16. The summed E-state index contributed by atoms with van der Waals surface area (Å²) in [6, 6.07) is 7.85. The first kappa shape index (κ1) is 17.3. The van der Waals surface area contributed by atoms with Crippen LogP contribution >= 0.6 is 11.3 Å². The monoisotopic (exact) mass is 385 g/mol. The van der Waals surface area contributed by atoms with Crippen molar-refractivity contribution < 1.29 is 9.18 Å². The Hall–Kier alpha value is -3.07. The highest BCUT2D eigenvalue weighted by Crippen LogP contribution is 2.19. The fourth-order valence-corrected chi connectivity index (χ4v) is 3.78. The standard InChI is InChI=1S/C18H16FN5O2S/c1-23-17(26)16-13(8-9-27-16)24-14(21-22-18(23)24)6-7-15(25)20-10-11-2-4-12(19)5-3-11/h2-5,8-9H,6-7,10H2,1H3,(H,20,25). The lowest BCUT2D eigenvalue weighted by Crippen LogP contribution is -2.23. The molecular weight excluding hydrogens is 369 g/mol. The van der Waals surface area contributed by atoms with Crippen LogP contribution in [-0.4, -0.2) is 25.1 Å². The Morgan fingerprint density at radius 2 is 2.00 bits per heavy atom. The molecule has 0 radical (unpaired) electrons. The number of carbonyl (C=O) groups excluding carboxylic acids is 1. The van der Waals surface area contributed by atoms with E-state index in [0.717, 1.165) is 11.1 Å². The maximum Gasteiger partial charge on any atom is 0.272 e. The van der Waals surface area contributed by atoms with Crippen molar-refractivity contribution in [3.63, 3.8) is 0 Å². The zero-order chi connectivity index (χ0) is 19.0. The van der Waals surface area contributed by atoms with Gasteiger partial charge in [-0.05, 0) is 29.1 Å². The van der Waals surface area contributed by atoms with Crippen LogP contribution in [0.2, 0.25) is 0 Å². The summed E-state index contributed by atoms with van der Waals surface area (Å²) in [4.78, 5) is 24.5. The molecule has 1 N–H and O–H groups in total. The molecule has 3 aromatic heterocycles. The number of halogens is 1. The van der Waals surface area contributed by atoms with Crippen molar-refractivity contribution in [3.8, 4) is 0 Å². The van der Waals surface area contributed by atoms with Gasteiger partial charge in [-0.2, -0.15) is 0 Å². The lowest BCUT2D eigenvalue weighted by molar-refractivity contribution is -0.121. The molecule has 0 saturated heterocycles. The van der Waals surface area contributed by atoms with Crippen LogP contribution < -0.4 is 10.9 Å². The minimum atomic E-state index is -0.307. The second-order valence-corrected chi connectivity index (χ2v) is 7.07. The molecule has 138 valence electrons. The molecular formula is C18H16FN5O2S. The van der Waals surface area contributed by atoms with Crippen LogP contribution in [0.25, 0.3) is 16.0 Å². The van der Waals surface area contributed by atoms with Crippen molar-refractivity contribution >= 4 is 33.2 Å². The second-order valence-electron chi connectivity index (χ2n) is 6.15. The molecule has 9 heteroatoms. The van der Waals surface area contributed by atoms with Crippen molar-refractivity contribution in [1.29, 1.82) is 0 Å². The van der Waals surface area contributed by atoms with E-state index in [1.165, 1.54) is 28.0 Å². The van der Waals surface area contributed by atoms with E-state index >= 15 is 0 Å². The van der Waals surface area contributed by atoms with Crippen LogP contribution in [0.1, 0.15) is 17.8 Å². The maximum atomic E-state index is 12.9. The van der Waals surface area contributed by atoms with Gasteiger partial charge < -0.3 is 5.32 Å². The first-order valence-electron chi connectivity index (χ1n) is 8.36. The van der Waals surface area contributed by atoms with Gasteiger partial charge >= 0.3 is 0 Å². The first-order valence-corrected chi connectivity index (χ1v) is 9.24. The largest absolute Gasteiger partial charge is 0.352 e. The highest BCUT2D eigenvalue weighted by molar-refractivity contribution is 7.17. The zero-order valence-electron chi connectivity index (χ0n) is 14.5. The summed E-state index contributed by atoms with van der Waals surface area (Å²) in [5, 5.41) is 12.9. The van der Waals surface area contributed by atoms with Gasteiger partial charge in [0.15, 0.2) is 0 Å². The topological polar surface area (TPSA) is 81.3 Å². The van der Waals surface area contributed by atoms with Crippen molar-refractivity contribution in [2.45, 2.75) is 19.4 Å². The van der Waals surface area contributed by atoms with Crippen LogP contribution in [0, 0.1) is 5.82 Å². The lowest BCUT2D eigenvalue weighted by Gasteiger charge is -2.06. The summed E-state index contributed by atoms with van der Waals surface area (Å²) in [7, 11) is 1.66. The molecule has 0 aliphatic heterocycles. The number of hydrogen-bond donors (Lipinski definition) is 1. The van der Waals surface area contributed by atoms with E-state index in [2.05, 4.69) is 15.5 Å². The molecule has 0 bridgehead atoms. The number of rotatable bonds is 5. The van der Waals surface area contributed by atoms with Gasteiger partial charge in [-0.15, -0.1) is 21.5 Å². The highest BCUT2D eigenvalue weighted by atomic mass is 32.1. The molecule has 3 heterocycles. The molecule has 0 atom stereocenters. The van der Waals surface area contributed by atoms with Crippen LogP contribution in [0.5, 0.6) is 0 Å². The second kappa shape index (κ2) is 6.92. The number of benzene rings is 1. The number of nitrogens with zero attached hydrogens (tertiary/aromatic N) is 4. The molecule has 7 nitrogen and oxygen atoms in total. The van der Waals surface area contributed by atoms with Crippen LogP contribution in [0.3, 0.4) is 0 Å². The minimum Gasteiger partial charge on any atom is -0.352 e. The maximum absolute atomic E-state index is 12.9. The van der Waals surface area contributed by atoms with Gasteiger partial charge in [-0.25, -0.2) is 4.39 Å². The quantitative estimate of drug-likeness (QED) is 0.570. The van der Waals surface area contributed by atoms with Crippen molar-refractivity contribution in [3.05, 3.63) is 63.3 Å². The minimum absolute atomic E-state index is 0.108. The van der Waals surface area contributed by atoms with Crippen molar-refractivity contribution in [2.24, 2.45) is 7.05 Å². The molecule has 1 amide bonds. The van der Waals surface area contributed by atoms with E-state index in [-0.39, 0.29) is 23.7 Å². The van der Waals surface area contributed by atoms with Gasteiger partial charge in [-0.3, -0.25) is 18.6 Å². The fraction of sp³-hybridized carbons (Fsp3) is 0.222. The number of aryl methyl sites for hydroxylation is 2. The number of aromatic nitrogens is 4. The molecule has 0 spiro atoms. The summed E-state index contributed by atoms with van der Waals surface area (Å²) < 4.78 is 16.8. The number of fused-ring (bicyclic) bond motifs is 3. The van der Waals surface area contributed by atoms with Crippen LogP contribution in [0.4, 0.5) is 4.39 Å².